The minimum absolute atomic E-state index is 0.0290. The fraction of sp³-hybridized carbons (Fsp3) is 0.438. The standard InChI is InChI=1S/C16H20N4O3/c1-12-17-16(19-20(12)13-6-3-2-4-7-13)18-15(21)11-22-10-14-8-5-9-23-14/h2-4,6-7,14H,5,8-11H2,1H3,(H,18,19,21). The van der Waals surface area contributed by atoms with Crippen molar-refractivity contribution in [1.82, 2.24) is 14.8 Å². The van der Waals surface area contributed by atoms with Gasteiger partial charge >= 0.3 is 0 Å². The fourth-order valence-corrected chi connectivity index (χ4v) is 2.48. The Balaban J connectivity index is 1.52. The number of carbonyl (C=O) groups excluding carboxylic acids is 1. The predicted octanol–water partition coefficient (Wildman–Crippen LogP) is 1.71. The summed E-state index contributed by atoms with van der Waals surface area (Å²) < 4.78 is 12.5. The van der Waals surface area contributed by atoms with Crippen LogP contribution in [0.25, 0.3) is 5.69 Å². The molecule has 1 fully saturated rings. The van der Waals surface area contributed by atoms with E-state index in [2.05, 4.69) is 15.4 Å². The molecule has 1 saturated heterocycles. The zero-order valence-corrected chi connectivity index (χ0v) is 13.1. The molecular formula is C16H20N4O3. The number of nitrogens with zero attached hydrogens (tertiary/aromatic N) is 3. The van der Waals surface area contributed by atoms with E-state index in [-0.39, 0.29) is 24.6 Å². The molecule has 0 radical (unpaired) electrons. The lowest BCUT2D eigenvalue weighted by molar-refractivity contribution is -0.121. The molecule has 0 spiro atoms. The number of carbonyl (C=O) groups is 1. The molecule has 23 heavy (non-hydrogen) atoms. The van der Waals surface area contributed by atoms with E-state index in [1.54, 1.807) is 4.68 Å². The number of rotatable bonds is 6. The lowest BCUT2D eigenvalue weighted by Crippen LogP contribution is -2.23. The maximum Gasteiger partial charge on any atom is 0.252 e. The fourth-order valence-electron chi connectivity index (χ4n) is 2.48. The summed E-state index contributed by atoms with van der Waals surface area (Å²) in [6, 6.07) is 9.64. The van der Waals surface area contributed by atoms with Crippen molar-refractivity contribution >= 4 is 11.9 Å². The second-order valence-electron chi connectivity index (χ2n) is 5.43. The normalized spacial score (nSPS) is 17.3. The van der Waals surface area contributed by atoms with Gasteiger partial charge in [-0.05, 0) is 31.9 Å². The molecule has 1 atom stereocenters. The number of hydrogen-bond donors (Lipinski definition) is 1. The number of para-hydroxylation sites is 1. The number of ether oxygens (including phenoxy) is 2. The molecule has 1 aliphatic heterocycles. The van der Waals surface area contributed by atoms with Gasteiger partial charge in [-0.2, -0.15) is 4.98 Å². The Morgan fingerprint density at radius 3 is 3.00 bits per heavy atom. The van der Waals surface area contributed by atoms with E-state index >= 15 is 0 Å². The Labute approximate surface area is 134 Å². The predicted molar refractivity (Wildman–Crippen MR) is 84.5 cm³/mol. The third-order valence-corrected chi connectivity index (χ3v) is 3.58. The van der Waals surface area contributed by atoms with Gasteiger partial charge in [0.25, 0.3) is 5.91 Å². The van der Waals surface area contributed by atoms with E-state index in [1.807, 2.05) is 37.3 Å². The van der Waals surface area contributed by atoms with E-state index in [0.29, 0.717) is 12.4 Å². The number of hydrogen-bond acceptors (Lipinski definition) is 5. The summed E-state index contributed by atoms with van der Waals surface area (Å²) >= 11 is 0. The summed E-state index contributed by atoms with van der Waals surface area (Å²) in [6.07, 6.45) is 2.16. The lowest BCUT2D eigenvalue weighted by Gasteiger charge is -2.09. The van der Waals surface area contributed by atoms with Gasteiger partial charge < -0.3 is 9.47 Å². The summed E-state index contributed by atoms with van der Waals surface area (Å²) in [7, 11) is 0. The minimum atomic E-state index is -0.270. The molecular weight excluding hydrogens is 296 g/mol. The van der Waals surface area contributed by atoms with Crippen molar-refractivity contribution in [3.8, 4) is 5.69 Å². The molecule has 7 heteroatoms. The minimum Gasteiger partial charge on any atom is -0.376 e. The van der Waals surface area contributed by atoms with Crippen LogP contribution in [0.5, 0.6) is 0 Å². The molecule has 1 N–H and O–H groups in total. The van der Waals surface area contributed by atoms with Crippen molar-refractivity contribution in [3.63, 3.8) is 0 Å². The molecule has 1 unspecified atom stereocenters. The number of aromatic nitrogens is 3. The first-order valence-corrected chi connectivity index (χ1v) is 7.70. The number of benzene rings is 1. The van der Waals surface area contributed by atoms with Crippen molar-refractivity contribution in [2.45, 2.75) is 25.9 Å². The Morgan fingerprint density at radius 2 is 2.26 bits per heavy atom. The van der Waals surface area contributed by atoms with Crippen LogP contribution in [0.15, 0.2) is 30.3 Å². The highest BCUT2D eigenvalue weighted by atomic mass is 16.5. The highest BCUT2D eigenvalue weighted by molar-refractivity contribution is 5.89. The number of amides is 1. The second-order valence-corrected chi connectivity index (χ2v) is 5.43. The summed E-state index contributed by atoms with van der Waals surface area (Å²) in [5.74, 6) is 0.706. The molecule has 122 valence electrons. The molecule has 0 bridgehead atoms. The second kappa shape index (κ2) is 7.34. The smallest absolute Gasteiger partial charge is 0.252 e. The first kappa shape index (κ1) is 15.6. The summed E-state index contributed by atoms with van der Waals surface area (Å²) in [6.45, 7) is 3.03. The van der Waals surface area contributed by atoms with Crippen LogP contribution in [0.1, 0.15) is 18.7 Å². The van der Waals surface area contributed by atoms with Crippen LogP contribution in [0, 0.1) is 6.92 Å². The maximum atomic E-state index is 11.9. The monoisotopic (exact) mass is 316 g/mol. The third-order valence-electron chi connectivity index (χ3n) is 3.58. The average Bonchev–Trinajstić information content (AvgIpc) is 3.18. The van der Waals surface area contributed by atoms with Gasteiger partial charge in [-0.25, -0.2) is 4.68 Å². The summed E-state index contributed by atoms with van der Waals surface area (Å²) in [5.41, 5.74) is 0.896. The van der Waals surface area contributed by atoms with Crippen LogP contribution in [0.2, 0.25) is 0 Å². The summed E-state index contributed by atoms with van der Waals surface area (Å²) in [5, 5.41) is 6.95. The van der Waals surface area contributed by atoms with E-state index in [4.69, 9.17) is 9.47 Å². The lowest BCUT2D eigenvalue weighted by atomic mass is 10.2. The molecule has 7 nitrogen and oxygen atoms in total. The molecule has 1 amide bonds. The van der Waals surface area contributed by atoms with Crippen molar-refractivity contribution < 1.29 is 14.3 Å². The number of aryl methyl sites for hydroxylation is 1. The van der Waals surface area contributed by atoms with Crippen LogP contribution < -0.4 is 5.32 Å². The molecule has 2 heterocycles. The van der Waals surface area contributed by atoms with E-state index in [0.717, 1.165) is 25.1 Å². The van der Waals surface area contributed by atoms with Crippen LogP contribution in [0.3, 0.4) is 0 Å². The van der Waals surface area contributed by atoms with Crippen molar-refractivity contribution in [3.05, 3.63) is 36.2 Å². The van der Waals surface area contributed by atoms with Gasteiger partial charge in [0.05, 0.1) is 18.4 Å². The first-order valence-electron chi connectivity index (χ1n) is 7.70. The maximum absolute atomic E-state index is 11.9. The number of anilines is 1. The van der Waals surface area contributed by atoms with Crippen LogP contribution in [0.4, 0.5) is 5.95 Å². The van der Waals surface area contributed by atoms with Gasteiger partial charge in [-0.15, -0.1) is 5.10 Å². The summed E-state index contributed by atoms with van der Waals surface area (Å²) in [4.78, 5) is 16.1. The molecule has 3 rings (SSSR count). The number of nitrogens with one attached hydrogen (secondary N) is 1. The Kier molecular flexibility index (Phi) is 4.99. The van der Waals surface area contributed by atoms with E-state index in [9.17, 15) is 4.79 Å². The largest absolute Gasteiger partial charge is 0.376 e. The zero-order valence-electron chi connectivity index (χ0n) is 13.1. The Hall–Kier alpha value is -2.25. The van der Waals surface area contributed by atoms with Crippen molar-refractivity contribution in [2.75, 3.05) is 25.1 Å². The van der Waals surface area contributed by atoms with Crippen molar-refractivity contribution in [2.24, 2.45) is 0 Å². The molecule has 0 aliphatic carbocycles. The van der Waals surface area contributed by atoms with Crippen molar-refractivity contribution in [1.29, 1.82) is 0 Å². The molecule has 0 saturated carbocycles. The molecule has 2 aromatic rings. The van der Waals surface area contributed by atoms with Crippen LogP contribution >= 0.6 is 0 Å². The van der Waals surface area contributed by atoms with Gasteiger partial charge in [0, 0.05) is 6.61 Å². The van der Waals surface area contributed by atoms with Gasteiger partial charge in [-0.3, -0.25) is 10.1 Å². The zero-order chi connectivity index (χ0) is 16.1. The van der Waals surface area contributed by atoms with Gasteiger partial charge in [0.2, 0.25) is 5.95 Å². The molecule has 1 aliphatic rings. The van der Waals surface area contributed by atoms with E-state index < -0.39 is 0 Å². The topological polar surface area (TPSA) is 78.3 Å². The average molecular weight is 316 g/mol. The van der Waals surface area contributed by atoms with Gasteiger partial charge in [-0.1, -0.05) is 18.2 Å². The Morgan fingerprint density at radius 1 is 1.43 bits per heavy atom. The van der Waals surface area contributed by atoms with Crippen LogP contribution in [-0.4, -0.2) is 46.6 Å². The van der Waals surface area contributed by atoms with Crippen LogP contribution in [-0.2, 0) is 14.3 Å². The SMILES string of the molecule is Cc1nc(NC(=O)COCC2CCCO2)nn1-c1ccccc1. The molecule has 1 aromatic heterocycles. The Bertz CT molecular complexity index is 651. The quantitative estimate of drug-likeness (QED) is 0.878. The van der Waals surface area contributed by atoms with E-state index in [1.165, 1.54) is 0 Å². The molecule has 1 aromatic carbocycles. The third kappa shape index (κ3) is 4.14. The highest BCUT2D eigenvalue weighted by Gasteiger charge is 2.16. The first-order chi connectivity index (χ1) is 11.2. The van der Waals surface area contributed by atoms with Gasteiger partial charge in [0.1, 0.15) is 12.4 Å². The van der Waals surface area contributed by atoms with Gasteiger partial charge in [0.15, 0.2) is 0 Å². The highest BCUT2D eigenvalue weighted by Crippen LogP contribution is 2.12.